The molecule has 0 aliphatic rings. The van der Waals surface area contributed by atoms with Crippen molar-refractivity contribution in [1.82, 2.24) is 14.9 Å². The van der Waals surface area contributed by atoms with Gasteiger partial charge in [0.2, 0.25) is 11.8 Å². The number of nitrogens with zero attached hydrogens (tertiary/aromatic N) is 2. The molecule has 2 amide bonds. The van der Waals surface area contributed by atoms with E-state index in [-0.39, 0.29) is 18.6 Å². The molecule has 3 aromatic rings. The van der Waals surface area contributed by atoms with Crippen molar-refractivity contribution in [2.24, 2.45) is 0 Å². The molecule has 0 bridgehead atoms. The van der Waals surface area contributed by atoms with E-state index in [9.17, 15) is 14.4 Å². The van der Waals surface area contributed by atoms with Gasteiger partial charge in [-0.05, 0) is 25.5 Å². The number of rotatable bonds is 7. The number of anilines is 1. The van der Waals surface area contributed by atoms with Gasteiger partial charge in [0, 0.05) is 10.9 Å². The standard InChI is InChI=1S/C20H21ClN4O5S/c1-10-11(2)31-19-18(10)20(28)25(9-23-19)8-17(27)22-7-16(26)24-13-5-12(21)14(29-3)6-15(13)30-4/h5-6,9H,7-8H2,1-4H3,(H,22,27)(H,24,26). The molecule has 164 valence electrons. The van der Waals surface area contributed by atoms with E-state index >= 15 is 0 Å². The minimum absolute atomic E-state index is 0.249. The Morgan fingerprint density at radius 3 is 2.55 bits per heavy atom. The lowest BCUT2D eigenvalue weighted by Crippen LogP contribution is -2.37. The SMILES string of the molecule is COc1cc(OC)c(NC(=O)CNC(=O)Cn2cnc3sc(C)c(C)c3c2=O)cc1Cl. The Kier molecular flexibility index (Phi) is 6.81. The molecule has 0 aliphatic carbocycles. The predicted molar refractivity (Wildman–Crippen MR) is 120 cm³/mol. The molecule has 0 radical (unpaired) electrons. The van der Waals surface area contributed by atoms with Crippen molar-refractivity contribution < 1.29 is 19.1 Å². The fourth-order valence-electron chi connectivity index (χ4n) is 2.92. The van der Waals surface area contributed by atoms with Crippen molar-refractivity contribution in [3.63, 3.8) is 0 Å². The van der Waals surface area contributed by atoms with E-state index in [0.717, 1.165) is 10.4 Å². The fourth-order valence-corrected chi connectivity index (χ4v) is 4.15. The molecule has 0 atom stereocenters. The number of aryl methyl sites for hydroxylation is 2. The number of amides is 2. The summed E-state index contributed by atoms with van der Waals surface area (Å²) in [6.45, 7) is 3.22. The maximum atomic E-state index is 12.7. The molecule has 2 aromatic heterocycles. The summed E-state index contributed by atoms with van der Waals surface area (Å²) in [5.41, 5.74) is 0.907. The van der Waals surface area contributed by atoms with E-state index in [1.807, 2.05) is 13.8 Å². The van der Waals surface area contributed by atoms with Gasteiger partial charge in [-0.2, -0.15) is 0 Å². The molecule has 0 saturated heterocycles. The van der Waals surface area contributed by atoms with Crippen LogP contribution in [0, 0.1) is 13.8 Å². The second-order valence-electron chi connectivity index (χ2n) is 6.65. The summed E-state index contributed by atoms with van der Waals surface area (Å²) in [5.74, 6) is -0.231. The topological polar surface area (TPSA) is 112 Å². The molecule has 11 heteroatoms. The predicted octanol–water partition coefficient (Wildman–Crippen LogP) is 2.50. The lowest BCUT2D eigenvalue weighted by molar-refractivity contribution is -0.124. The van der Waals surface area contributed by atoms with Gasteiger partial charge in [-0.1, -0.05) is 11.6 Å². The third kappa shape index (κ3) is 4.80. The lowest BCUT2D eigenvalue weighted by atomic mass is 10.2. The van der Waals surface area contributed by atoms with Crippen LogP contribution in [-0.2, 0) is 16.1 Å². The zero-order chi connectivity index (χ0) is 22.7. The monoisotopic (exact) mass is 464 g/mol. The van der Waals surface area contributed by atoms with Crippen LogP contribution in [0.3, 0.4) is 0 Å². The second-order valence-corrected chi connectivity index (χ2v) is 8.26. The zero-order valence-corrected chi connectivity index (χ0v) is 18.9. The van der Waals surface area contributed by atoms with Crippen LogP contribution in [0.4, 0.5) is 5.69 Å². The maximum Gasteiger partial charge on any atom is 0.262 e. The molecule has 0 saturated carbocycles. The van der Waals surface area contributed by atoms with Crippen LogP contribution in [0.2, 0.25) is 5.02 Å². The third-order valence-electron chi connectivity index (χ3n) is 4.66. The summed E-state index contributed by atoms with van der Waals surface area (Å²) in [4.78, 5) is 43.1. The summed E-state index contributed by atoms with van der Waals surface area (Å²) in [6, 6.07) is 3.03. The third-order valence-corrected chi connectivity index (χ3v) is 6.07. The Labute approximate surface area is 186 Å². The molecule has 0 fully saturated rings. The Morgan fingerprint density at radius 2 is 1.87 bits per heavy atom. The molecular formula is C20H21ClN4O5S. The highest BCUT2D eigenvalue weighted by molar-refractivity contribution is 7.18. The van der Waals surface area contributed by atoms with Gasteiger partial charge in [-0.25, -0.2) is 4.98 Å². The average Bonchev–Trinajstić information content (AvgIpc) is 3.03. The fraction of sp³-hybridized carbons (Fsp3) is 0.300. The van der Waals surface area contributed by atoms with Crippen LogP contribution in [0.25, 0.3) is 10.2 Å². The van der Waals surface area contributed by atoms with Crippen molar-refractivity contribution in [2.75, 3.05) is 26.1 Å². The molecule has 0 aliphatic heterocycles. The van der Waals surface area contributed by atoms with Crippen LogP contribution < -0.4 is 25.7 Å². The summed E-state index contributed by atoms with van der Waals surface area (Å²) in [7, 11) is 2.91. The number of benzene rings is 1. The van der Waals surface area contributed by atoms with E-state index in [4.69, 9.17) is 21.1 Å². The second kappa shape index (κ2) is 9.36. The molecule has 31 heavy (non-hydrogen) atoms. The number of halogens is 1. The molecule has 2 N–H and O–H groups in total. The Morgan fingerprint density at radius 1 is 1.16 bits per heavy atom. The van der Waals surface area contributed by atoms with Crippen molar-refractivity contribution in [3.05, 3.63) is 44.3 Å². The van der Waals surface area contributed by atoms with Gasteiger partial charge >= 0.3 is 0 Å². The number of hydrogen-bond donors (Lipinski definition) is 2. The largest absolute Gasteiger partial charge is 0.495 e. The first-order chi connectivity index (χ1) is 14.7. The number of thiophene rings is 1. The Balaban J connectivity index is 1.64. The van der Waals surface area contributed by atoms with E-state index in [0.29, 0.717) is 32.4 Å². The normalized spacial score (nSPS) is 10.7. The number of nitrogens with one attached hydrogen (secondary N) is 2. The summed E-state index contributed by atoms with van der Waals surface area (Å²) >= 11 is 7.53. The number of carbonyl (C=O) groups excluding carboxylic acids is 2. The number of carbonyl (C=O) groups is 2. The van der Waals surface area contributed by atoms with Crippen molar-refractivity contribution in [3.8, 4) is 11.5 Å². The number of hydrogen-bond acceptors (Lipinski definition) is 7. The first-order valence-corrected chi connectivity index (χ1v) is 10.4. The molecule has 2 heterocycles. The number of fused-ring (bicyclic) bond motifs is 1. The number of methoxy groups -OCH3 is 2. The molecule has 0 unspecified atom stereocenters. The van der Waals surface area contributed by atoms with Gasteiger partial charge in [0.1, 0.15) is 22.9 Å². The minimum atomic E-state index is -0.497. The minimum Gasteiger partial charge on any atom is -0.495 e. The van der Waals surface area contributed by atoms with Gasteiger partial charge in [0.15, 0.2) is 0 Å². The summed E-state index contributed by atoms with van der Waals surface area (Å²) in [5, 5.41) is 5.92. The number of ether oxygens (including phenoxy) is 2. The van der Waals surface area contributed by atoms with Crippen LogP contribution in [0.15, 0.2) is 23.3 Å². The molecule has 1 aromatic carbocycles. The van der Waals surface area contributed by atoms with Crippen molar-refractivity contribution in [1.29, 1.82) is 0 Å². The van der Waals surface area contributed by atoms with E-state index in [1.165, 1.54) is 42.5 Å². The highest BCUT2D eigenvalue weighted by Gasteiger charge is 2.15. The maximum absolute atomic E-state index is 12.7. The van der Waals surface area contributed by atoms with Gasteiger partial charge in [-0.15, -0.1) is 11.3 Å². The molecule has 0 spiro atoms. The van der Waals surface area contributed by atoms with E-state index in [1.54, 1.807) is 6.07 Å². The average molecular weight is 465 g/mol. The van der Waals surface area contributed by atoms with E-state index < -0.39 is 11.8 Å². The van der Waals surface area contributed by atoms with Crippen LogP contribution in [0.1, 0.15) is 10.4 Å². The van der Waals surface area contributed by atoms with E-state index in [2.05, 4.69) is 15.6 Å². The van der Waals surface area contributed by atoms with Gasteiger partial charge in [-0.3, -0.25) is 19.0 Å². The molecule has 9 nitrogen and oxygen atoms in total. The highest BCUT2D eigenvalue weighted by atomic mass is 35.5. The van der Waals surface area contributed by atoms with Crippen molar-refractivity contribution in [2.45, 2.75) is 20.4 Å². The molecule has 3 rings (SSSR count). The van der Waals surface area contributed by atoms with Crippen LogP contribution >= 0.6 is 22.9 Å². The van der Waals surface area contributed by atoms with Crippen molar-refractivity contribution >= 4 is 50.7 Å². The van der Waals surface area contributed by atoms with Crippen LogP contribution in [0.5, 0.6) is 11.5 Å². The van der Waals surface area contributed by atoms with Crippen LogP contribution in [-0.4, -0.2) is 42.1 Å². The highest BCUT2D eigenvalue weighted by Crippen LogP contribution is 2.35. The first kappa shape index (κ1) is 22.6. The zero-order valence-electron chi connectivity index (χ0n) is 17.4. The smallest absolute Gasteiger partial charge is 0.262 e. The quantitative estimate of drug-likeness (QED) is 0.555. The Bertz CT molecular complexity index is 1220. The molecular weight excluding hydrogens is 444 g/mol. The Hall–Kier alpha value is -3.11. The van der Waals surface area contributed by atoms with Gasteiger partial charge in [0.05, 0.1) is 43.2 Å². The number of aromatic nitrogens is 2. The lowest BCUT2D eigenvalue weighted by Gasteiger charge is -2.13. The van der Waals surface area contributed by atoms with Gasteiger partial charge < -0.3 is 20.1 Å². The summed E-state index contributed by atoms with van der Waals surface area (Å²) in [6.07, 6.45) is 1.34. The first-order valence-electron chi connectivity index (χ1n) is 9.18. The summed E-state index contributed by atoms with van der Waals surface area (Å²) < 4.78 is 11.6. The van der Waals surface area contributed by atoms with Gasteiger partial charge in [0.25, 0.3) is 5.56 Å².